The highest BCUT2D eigenvalue weighted by molar-refractivity contribution is 7.71. The largest absolute Gasteiger partial charge is 0.493 e. The molecule has 142 valence electrons. The Morgan fingerprint density at radius 3 is 2.73 bits per heavy atom. The molecule has 0 saturated carbocycles. The first-order valence-electron chi connectivity index (χ1n) is 9.21. The van der Waals surface area contributed by atoms with E-state index in [0.29, 0.717) is 17.1 Å². The van der Waals surface area contributed by atoms with Crippen molar-refractivity contribution in [3.63, 3.8) is 0 Å². The van der Waals surface area contributed by atoms with Crippen LogP contribution in [0.3, 0.4) is 0 Å². The molecule has 0 radical (unpaired) electrons. The molecular weight excluding hydrogens is 348 g/mol. The lowest BCUT2D eigenvalue weighted by Crippen LogP contribution is -2.01. The summed E-state index contributed by atoms with van der Waals surface area (Å²) in [5.74, 6) is 2.30. The Kier molecular flexibility index (Phi) is 8.34. The normalized spacial score (nSPS) is 11.2. The monoisotopic (exact) mass is 376 g/mol. The summed E-state index contributed by atoms with van der Waals surface area (Å²) in [4.78, 5) is 0. The van der Waals surface area contributed by atoms with E-state index in [0.717, 1.165) is 42.8 Å². The molecule has 1 aromatic carbocycles. The van der Waals surface area contributed by atoms with Crippen molar-refractivity contribution in [1.29, 1.82) is 0 Å². The number of aromatic nitrogens is 3. The molecule has 2 rings (SSSR count). The van der Waals surface area contributed by atoms with E-state index in [1.165, 1.54) is 12.8 Å². The van der Waals surface area contributed by atoms with E-state index in [4.69, 9.17) is 21.7 Å². The standard InChI is InChI=1S/C19H28N4O2S/c1-4-6-8-12-25-16-11-10-15(13-17(16)24-3)14-20-23-18(9-7-5-2)21-22-19(23)26/h10-11,13-14H,4-9,12H2,1-3H3,(H,22,26)/b20-14-. The third kappa shape index (κ3) is 5.69. The van der Waals surface area contributed by atoms with Gasteiger partial charge in [0.25, 0.3) is 0 Å². The molecule has 1 heterocycles. The molecule has 0 amide bonds. The summed E-state index contributed by atoms with van der Waals surface area (Å²) in [7, 11) is 1.64. The zero-order valence-electron chi connectivity index (χ0n) is 15.8. The molecule has 6 nitrogen and oxygen atoms in total. The highest BCUT2D eigenvalue weighted by Gasteiger charge is 2.06. The van der Waals surface area contributed by atoms with Crippen molar-refractivity contribution in [2.45, 2.75) is 52.4 Å². The van der Waals surface area contributed by atoms with Crippen LogP contribution in [0.2, 0.25) is 0 Å². The summed E-state index contributed by atoms with van der Waals surface area (Å²) in [6.45, 7) is 5.02. The number of hydrogen-bond acceptors (Lipinski definition) is 5. The van der Waals surface area contributed by atoms with Crippen LogP contribution in [0.4, 0.5) is 0 Å². The van der Waals surface area contributed by atoms with Gasteiger partial charge in [0.1, 0.15) is 0 Å². The van der Waals surface area contributed by atoms with E-state index in [-0.39, 0.29) is 0 Å². The molecule has 1 aromatic heterocycles. The van der Waals surface area contributed by atoms with Gasteiger partial charge in [-0.3, -0.25) is 5.10 Å². The van der Waals surface area contributed by atoms with Crippen LogP contribution < -0.4 is 9.47 Å². The lowest BCUT2D eigenvalue weighted by molar-refractivity contribution is 0.286. The summed E-state index contributed by atoms with van der Waals surface area (Å²) in [6.07, 6.45) is 8.12. The van der Waals surface area contributed by atoms with Crippen LogP contribution in [0.25, 0.3) is 0 Å². The summed E-state index contributed by atoms with van der Waals surface area (Å²) >= 11 is 5.26. The van der Waals surface area contributed by atoms with Gasteiger partial charge in [0.05, 0.1) is 19.9 Å². The summed E-state index contributed by atoms with van der Waals surface area (Å²) in [5, 5.41) is 11.5. The Bertz CT molecular complexity index is 767. The van der Waals surface area contributed by atoms with Gasteiger partial charge in [-0.1, -0.05) is 33.1 Å². The lowest BCUT2D eigenvalue weighted by atomic mass is 10.2. The fraction of sp³-hybridized carbons (Fsp3) is 0.526. The summed E-state index contributed by atoms with van der Waals surface area (Å²) in [6, 6.07) is 5.78. The van der Waals surface area contributed by atoms with Gasteiger partial charge in [-0.15, -0.1) is 0 Å². The van der Waals surface area contributed by atoms with Gasteiger partial charge >= 0.3 is 0 Å². The number of aromatic amines is 1. The molecule has 0 spiro atoms. The molecule has 7 heteroatoms. The SMILES string of the molecule is CCCCCOc1ccc(/C=N\n2c(CCCC)n[nH]c2=S)cc1OC. The highest BCUT2D eigenvalue weighted by Crippen LogP contribution is 2.27. The van der Waals surface area contributed by atoms with Crippen molar-refractivity contribution < 1.29 is 9.47 Å². The molecule has 0 atom stereocenters. The van der Waals surface area contributed by atoms with Crippen LogP contribution in [-0.2, 0) is 6.42 Å². The maximum absolute atomic E-state index is 5.81. The first-order valence-corrected chi connectivity index (χ1v) is 9.61. The molecule has 0 saturated heterocycles. The van der Waals surface area contributed by atoms with Crippen molar-refractivity contribution in [2.75, 3.05) is 13.7 Å². The molecule has 2 aromatic rings. The van der Waals surface area contributed by atoms with Gasteiger partial charge in [0.2, 0.25) is 4.77 Å². The van der Waals surface area contributed by atoms with Crippen LogP contribution in [0.15, 0.2) is 23.3 Å². The zero-order valence-corrected chi connectivity index (χ0v) is 16.6. The lowest BCUT2D eigenvalue weighted by Gasteiger charge is -2.11. The molecule has 0 aliphatic heterocycles. The number of unbranched alkanes of at least 4 members (excludes halogenated alkanes) is 3. The number of nitrogens with zero attached hydrogens (tertiary/aromatic N) is 3. The van der Waals surface area contributed by atoms with Gasteiger partial charge in [0, 0.05) is 6.42 Å². The fourth-order valence-electron chi connectivity index (χ4n) is 2.48. The predicted molar refractivity (Wildman–Crippen MR) is 107 cm³/mol. The van der Waals surface area contributed by atoms with Crippen LogP contribution in [0.5, 0.6) is 11.5 Å². The minimum atomic E-state index is 0.496. The second kappa shape index (κ2) is 10.8. The molecule has 0 bridgehead atoms. The third-order valence-electron chi connectivity index (χ3n) is 3.99. The predicted octanol–water partition coefficient (Wildman–Crippen LogP) is 4.74. The smallest absolute Gasteiger partial charge is 0.216 e. The Balaban J connectivity index is 2.11. The number of methoxy groups -OCH3 is 1. The van der Waals surface area contributed by atoms with E-state index in [9.17, 15) is 0 Å². The van der Waals surface area contributed by atoms with Gasteiger partial charge in [0.15, 0.2) is 17.3 Å². The average molecular weight is 377 g/mol. The van der Waals surface area contributed by atoms with Crippen molar-refractivity contribution in [2.24, 2.45) is 5.10 Å². The van der Waals surface area contributed by atoms with Gasteiger partial charge in [-0.25, -0.2) is 0 Å². The minimum Gasteiger partial charge on any atom is -0.493 e. The van der Waals surface area contributed by atoms with Crippen molar-refractivity contribution in [1.82, 2.24) is 14.9 Å². The number of nitrogens with one attached hydrogen (secondary N) is 1. The minimum absolute atomic E-state index is 0.496. The van der Waals surface area contributed by atoms with Crippen molar-refractivity contribution in [3.05, 3.63) is 34.4 Å². The van der Waals surface area contributed by atoms with Gasteiger partial charge in [-0.2, -0.15) is 14.9 Å². The second-order valence-corrected chi connectivity index (χ2v) is 6.46. The van der Waals surface area contributed by atoms with Crippen LogP contribution in [-0.4, -0.2) is 34.8 Å². The van der Waals surface area contributed by atoms with Crippen LogP contribution >= 0.6 is 12.2 Å². The number of H-pyrrole nitrogens is 1. The number of benzene rings is 1. The van der Waals surface area contributed by atoms with Gasteiger partial charge in [-0.05, 0) is 48.8 Å². The molecule has 0 aliphatic carbocycles. The Hall–Kier alpha value is -2.15. The Morgan fingerprint density at radius 2 is 2.00 bits per heavy atom. The molecule has 1 N–H and O–H groups in total. The molecular formula is C19H28N4O2S. The highest BCUT2D eigenvalue weighted by atomic mass is 32.1. The quantitative estimate of drug-likeness (QED) is 0.349. The molecule has 0 unspecified atom stereocenters. The topological polar surface area (TPSA) is 64.4 Å². The number of hydrogen-bond donors (Lipinski definition) is 1. The van der Waals surface area contributed by atoms with E-state index in [1.54, 1.807) is 18.0 Å². The molecule has 0 aliphatic rings. The molecule has 26 heavy (non-hydrogen) atoms. The molecule has 0 fully saturated rings. The van der Waals surface area contributed by atoms with Crippen LogP contribution in [0.1, 0.15) is 57.3 Å². The number of aryl methyl sites for hydroxylation is 1. The van der Waals surface area contributed by atoms with E-state index in [2.05, 4.69) is 29.1 Å². The maximum Gasteiger partial charge on any atom is 0.216 e. The van der Waals surface area contributed by atoms with E-state index < -0.39 is 0 Å². The summed E-state index contributed by atoms with van der Waals surface area (Å²) in [5.41, 5.74) is 0.910. The van der Waals surface area contributed by atoms with Gasteiger partial charge < -0.3 is 9.47 Å². The third-order valence-corrected chi connectivity index (χ3v) is 4.25. The maximum atomic E-state index is 5.81. The zero-order chi connectivity index (χ0) is 18.8. The van der Waals surface area contributed by atoms with Crippen LogP contribution in [0, 0.1) is 4.77 Å². The summed E-state index contributed by atoms with van der Waals surface area (Å²) < 4.78 is 13.4. The second-order valence-electron chi connectivity index (χ2n) is 6.07. The average Bonchev–Trinajstić information content (AvgIpc) is 3.01. The van der Waals surface area contributed by atoms with E-state index in [1.807, 2.05) is 18.2 Å². The first kappa shape index (κ1) is 20.2. The fourth-order valence-corrected chi connectivity index (χ4v) is 2.68. The van der Waals surface area contributed by atoms with Crippen molar-refractivity contribution >= 4 is 18.4 Å². The van der Waals surface area contributed by atoms with E-state index >= 15 is 0 Å². The number of ether oxygens (including phenoxy) is 2. The Labute approximate surface area is 160 Å². The Morgan fingerprint density at radius 1 is 1.19 bits per heavy atom. The first-order chi connectivity index (χ1) is 12.7. The van der Waals surface area contributed by atoms with Crippen molar-refractivity contribution in [3.8, 4) is 11.5 Å². The number of rotatable bonds is 11.